The average molecular weight is 224 g/mol. The molecule has 0 aromatic carbocycles. The molecule has 1 aliphatic carbocycles. The summed E-state index contributed by atoms with van der Waals surface area (Å²) < 4.78 is 0. The van der Waals surface area contributed by atoms with Gasteiger partial charge in [-0.25, -0.2) is 4.98 Å². The Balaban J connectivity index is 1.69. The van der Waals surface area contributed by atoms with Crippen LogP contribution in [0.1, 0.15) is 36.9 Å². The monoisotopic (exact) mass is 224 g/mol. The van der Waals surface area contributed by atoms with Gasteiger partial charge in [0.15, 0.2) is 0 Å². The van der Waals surface area contributed by atoms with Gasteiger partial charge in [0.05, 0.1) is 10.7 Å². The number of nitrogens with zero attached hydrogens (tertiary/aromatic N) is 1. The summed E-state index contributed by atoms with van der Waals surface area (Å²) in [7, 11) is 0. The summed E-state index contributed by atoms with van der Waals surface area (Å²) in [6.07, 6.45) is 5.28. The maximum Gasteiger partial charge on any atom is 0.0897 e. The van der Waals surface area contributed by atoms with Gasteiger partial charge < -0.3 is 5.32 Å². The first-order valence-corrected chi connectivity index (χ1v) is 6.76. The average Bonchev–Trinajstić information content (AvgIpc) is 2.48. The summed E-state index contributed by atoms with van der Waals surface area (Å²) in [5.74, 6) is 0.701. The fraction of sp³-hybridized carbons (Fsp3) is 0.750. The van der Waals surface area contributed by atoms with Gasteiger partial charge >= 0.3 is 0 Å². The first-order valence-electron chi connectivity index (χ1n) is 5.88. The highest BCUT2D eigenvalue weighted by atomic mass is 32.1. The third kappa shape index (κ3) is 3.28. The van der Waals surface area contributed by atoms with Gasteiger partial charge in [-0.3, -0.25) is 0 Å². The first-order chi connectivity index (χ1) is 7.24. The number of aryl methyl sites for hydroxylation is 1. The van der Waals surface area contributed by atoms with Crippen LogP contribution < -0.4 is 5.32 Å². The molecular weight excluding hydrogens is 204 g/mol. The summed E-state index contributed by atoms with van der Waals surface area (Å²) in [5, 5.41) is 7.00. The molecule has 1 aromatic heterocycles. The second kappa shape index (κ2) is 5.08. The third-order valence-corrected chi connectivity index (χ3v) is 3.91. The van der Waals surface area contributed by atoms with Crippen molar-refractivity contribution in [1.82, 2.24) is 10.3 Å². The molecule has 1 saturated carbocycles. The number of nitrogens with one attached hydrogen (secondary N) is 1. The molecule has 0 aliphatic heterocycles. The Labute approximate surface area is 96.1 Å². The fourth-order valence-corrected chi connectivity index (χ4v) is 2.54. The highest BCUT2D eigenvalue weighted by Gasteiger charge is 2.17. The van der Waals surface area contributed by atoms with E-state index in [1.54, 1.807) is 11.3 Å². The number of rotatable bonds is 5. The van der Waals surface area contributed by atoms with Gasteiger partial charge in [-0.15, -0.1) is 11.3 Å². The van der Waals surface area contributed by atoms with Crippen LogP contribution in [0.5, 0.6) is 0 Å². The van der Waals surface area contributed by atoms with Gasteiger partial charge in [0, 0.05) is 11.4 Å². The Bertz CT molecular complexity index is 304. The fourth-order valence-electron chi connectivity index (χ4n) is 1.91. The Kier molecular flexibility index (Phi) is 3.76. The van der Waals surface area contributed by atoms with Crippen molar-refractivity contribution in [3.05, 3.63) is 16.1 Å². The van der Waals surface area contributed by atoms with E-state index in [0.717, 1.165) is 19.0 Å². The lowest BCUT2D eigenvalue weighted by molar-refractivity contribution is 0.320. The molecule has 15 heavy (non-hydrogen) atoms. The molecule has 3 heteroatoms. The van der Waals surface area contributed by atoms with E-state index in [4.69, 9.17) is 0 Å². The molecule has 0 radical (unpaired) electrons. The largest absolute Gasteiger partial charge is 0.314 e. The van der Waals surface area contributed by atoms with Gasteiger partial charge in [0.2, 0.25) is 0 Å². The van der Waals surface area contributed by atoms with Crippen molar-refractivity contribution in [3.63, 3.8) is 0 Å². The number of hydrogen-bond donors (Lipinski definition) is 1. The van der Waals surface area contributed by atoms with Gasteiger partial charge in [-0.1, -0.05) is 13.3 Å². The maximum atomic E-state index is 4.50. The molecule has 84 valence electrons. The molecule has 1 aliphatic rings. The molecule has 1 fully saturated rings. The van der Waals surface area contributed by atoms with Gasteiger partial charge in [-0.2, -0.15) is 0 Å². The molecule has 1 atom stereocenters. The van der Waals surface area contributed by atoms with Crippen molar-refractivity contribution in [2.75, 3.05) is 6.54 Å². The van der Waals surface area contributed by atoms with Crippen LogP contribution in [-0.2, 0) is 6.42 Å². The number of aromatic nitrogens is 1. The summed E-state index contributed by atoms with van der Waals surface area (Å²) in [5.41, 5.74) is 1.26. The van der Waals surface area contributed by atoms with E-state index >= 15 is 0 Å². The highest BCUT2D eigenvalue weighted by Crippen LogP contribution is 2.18. The molecule has 0 amide bonds. The summed E-state index contributed by atoms with van der Waals surface area (Å²) >= 11 is 1.75. The lowest BCUT2D eigenvalue weighted by Crippen LogP contribution is -2.38. The molecule has 1 N–H and O–H groups in total. The van der Waals surface area contributed by atoms with Gasteiger partial charge in [-0.05, 0) is 38.6 Å². The Morgan fingerprint density at radius 2 is 2.40 bits per heavy atom. The van der Waals surface area contributed by atoms with Crippen LogP contribution >= 0.6 is 11.3 Å². The minimum absolute atomic E-state index is 0.701. The van der Waals surface area contributed by atoms with Crippen LogP contribution in [0, 0.1) is 12.8 Å². The van der Waals surface area contributed by atoms with Crippen LogP contribution in [0.4, 0.5) is 0 Å². The van der Waals surface area contributed by atoms with E-state index in [0.29, 0.717) is 5.92 Å². The molecule has 0 spiro atoms. The lowest BCUT2D eigenvalue weighted by atomic mass is 9.92. The predicted molar refractivity (Wildman–Crippen MR) is 65.4 cm³/mol. The Morgan fingerprint density at radius 1 is 1.60 bits per heavy atom. The zero-order valence-corrected chi connectivity index (χ0v) is 10.4. The SMILES string of the molecule is Cc1nc(CC(C)CNC2CCC2)cs1. The topological polar surface area (TPSA) is 24.9 Å². The maximum absolute atomic E-state index is 4.50. The quantitative estimate of drug-likeness (QED) is 0.832. The van der Waals surface area contributed by atoms with Crippen LogP contribution in [0.3, 0.4) is 0 Å². The Hall–Kier alpha value is -0.410. The molecule has 0 saturated heterocycles. The first kappa shape index (κ1) is 11.1. The number of hydrogen-bond acceptors (Lipinski definition) is 3. The van der Waals surface area contributed by atoms with Crippen LogP contribution in [0.2, 0.25) is 0 Å². The van der Waals surface area contributed by atoms with Gasteiger partial charge in [0.1, 0.15) is 0 Å². The zero-order valence-electron chi connectivity index (χ0n) is 9.62. The number of thiazole rings is 1. The van der Waals surface area contributed by atoms with Crippen molar-refractivity contribution < 1.29 is 0 Å². The lowest BCUT2D eigenvalue weighted by Gasteiger charge is -2.27. The predicted octanol–water partition coefficient (Wildman–Crippen LogP) is 2.77. The normalized spacial score (nSPS) is 18.8. The highest BCUT2D eigenvalue weighted by molar-refractivity contribution is 7.09. The Morgan fingerprint density at radius 3 is 2.93 bits per heavy atom. The molecular formula is C12H20N2S. The van der Waals surface area contributed by atoms with Crippen molar-refractivity contribution in [2.45, 2.75) is 45.6 Å². The van der Waals surface area contributed by atoms with Crippen LogP contribution in [0.15, 0.2) is 5.38 Å². The third-order valence-electron chi connectivity index (χ3n) is 3.08. The molecule has 0 bridgehead atoms. The summed E-state index contributed by atoms with van der Waals surface area (Å²) in [4.78, 5) is 4.50. The molecule has 2 rings (SSSR count). The second-order valence-electron chi connectivity index (χ2n) is 4.70. The molecule has 1 aromatic rings. The standard InChI is InChI=1S/C12H20N2S/c1-9(7-13-11-4-3-5-11)6-12-8-15-10(2)14-12/h8-9,11,13H,3-7H2,1-2H3. The van der Waals surface area contributed by atoms with Crippen LogP contribution in [0.25, 0.3) is 0 Å². The minimum atomic E-state index is 0.701. The van der Waals surface area contributed by atoms with E-state index in [9.17, 15) is 0 Å². The van der Waals surface area contributed by atoms with Crippen LogP contribution in [-0.4, -0.2) is 17.6 Å². The van der Waals surface area contributed by atoms with Crippen molar-refractivity contribution in [1.29, 1.82) is 0 Å². The van der Waals surface area contributed by atoms with Crippen molar-refractivity contribution in [2.24, 2.45) is 5.92 Å². The smallest absolute Gasteiger partial charge is 0.0897 e. The van der Waals surface area contributed by atoms with Gasteiger partial charge in [0.25, 0.3) is 0 Å². The minimum Gasteiger partial charge on any atom is -0.314 e. The summed E-state index contributed by atoms with van der Waals surface area (Å²) in [6, 6.07) is 0.810. The zero-order chi connectivity index (χ0) is 10.7. The van der Waals surface area contributed by atoms with E-state index in [1.807, 2.05) is 0 Å². The molecule has 1 heterocycles. The van der Waals surface area contributed by atoms with E-state index in [2.05, 4.69) is 29.5 Å². The van der Waals surface area contributed by atoms with E-state index < -0.39 is 0 Å². The molecule has 2 nitrogen and oxygen atoms in total. The van der Waals surface area contributed by atoms with E-state index in [1.165, 1.54) is 30.0 Å². The van der Waals surface area contributed by atoms with Crippen molar-refractivity contribution >= 4 is 11.3 Å². The summed E-state index contributed by atoms with van der Waals surface area (Å²) in [6.45, 7) is 5.52. The second-order valence-corrected chi connectivity index (χ2v) is 5.77. The molecule has 1 unspecified atom stereocenters. The van der Waals surface area contributed by atoms with E-state index in [-0.39, 0.29) is 0 Å². The van der Waals surface area contributed by atoms with Crippen molar-refractivity contribution in [3.8, 4) is 0 Å².